The highest BCUT2D eigenvalue weighted by Crippen LogP contribution is 2.13. The van der Waals surface area contributed by atoms with Gasteiger partial charge < -0.3 is 20.5 Å². The standard InChI is InChI=1S/C16H24N2O4/c1-4-13(10-19)18-15(20)9-17-16(21)12-5-7-14(8-6-12)22-11(2)3/h5-8,11,13,19H,4,9-10H2,1-3H3,(H,17,21)(H,18,20)/t13-/m1/s1. The topological polar surface area (TPSA) is 87.7 Å². The number of nitrogens with one attached hydrogen (secondary N) is 2. The summed E-state index contributed by atoms with van der Waals surface area (Å²) in [6, 6.07) is 6.44. The summed E-state index contributed by atoms with van der Waals surface area (Å²) in [6.45, 7) is 5.47. The molecule has 2 amide bonds. The lowest BCUT2D eigenvalue weighted by Crippen LogP contribution is -2.43. The van der Waals surface area contributed by atoms with Gasteiger partial charge >= 0.3 is 0 Å². The molecule has 0 aliphatic carbocycles. The molecule has 0 spiro atoms. The van der Waals surface area contributed by atoms with Gasteiger partial charge in [-0.25, -0.2) is 0 Å². The van der Waals surface area contributed by atoms with Gasteiger partial charge in [0, 0.05) is 5.56 Å². The van der Waals surface area contributed by atoms with Gasteiger partial charge in [-0.05, 0) is 44.5 Å². The van der Waals surface area contributed by atoms with E-state index in [-0.39, 0.29) is 37.1 Å². The average molecular weight is 308 g/mol. The summed E-state index contributed by atoms with van der Waals surface area (Å²) < 4.78 is 5.50. The van der Waals surface area contributed by atoms with Gasteiger partial charge in [0.25, 0.3) is 5.91 Å². The molecule has 3 N–H and O–H groups in total. The van der Waals surface area contributed by atoms with Crippen molar-refractivity contribution in [1.29, 1.82) is 0 Å². The van der Waals surface area contributed by atoms with Gasteiger partial charge in [-0.1, -0.05) is 6.92 Å². The van der Waals surface area contributed by atoms with E-state index in [0.29, 0.717) is 17.7 Å². The molecular formula is C16H24N2O4. The smallest absolute Gasteiger partial charge is 0.251 e. The number of hydrogen-bond donors (Lipinski definition) is 3. The van der Waals surface area contributed by atoms with E-state index in [1.165, 1.54) is 0 Å². The summed E-state index contributed by atoms with van der Waals surface area (Å²) in [5.41, 5.74) is 0.457. The molecular weight excluding hydrogens is 284 g/mol. The lowest BCUT2D eigenvalue weighted by Gasteiger charge is -2.14. The molecule has 22 heavy (non-hydrogen) atoms. The van der Waals surface area contributed by atoms with Crippen molar-refractivity contribution < 1.29 is 19.4 Å². The largest absolute Gasteiger partial charge is 0.491 e. The van der Waals surface area contributed by atoms with E-state index < -0.39 is 0 Å². The summed E-state index contributed by atoms with van der Waals surface area (Å²) in [5.74, 6) is 0.0373. The second-order valence-corrected chi connectivity index (χ2v) is 5.23. The zero-order valence-electron chi connectivity index (χ0n) is 13.3. The predicted molar refractivity (Wildman–Crippen MR) is 83.8 cm³/mol. The number of aliphatic hydroxyl groups is 1. The quantitative estimate of drug-likeness (QED) is 0.671. The van der Waals surface area contributed by atoms with Crippen molar-refractivity contribution >= 4 is 11.8 Å². The van der Waals surface area contributed by atoms with Crippen LogP contribution in [0.1, 0.15) is 37.6 Å². The van der Waals surface area contributed by atoms with Crippen molar-refractivity contribution in [1.82, 2.24) is 10.6 Å². The number of amides is 2. The van der Waals surface area contributed by atoms with Crippen LogP contribution in [0.3, 0.4) is 0 Å². The van der Waals surface area contributed by atoms with Gasteiger partial charge in [0.2, 0.25) is 5.91 Å². The van der Waals surface area contributed by atoms with Crippen LogP contribution in [-0.4, -0.2) is 42.2 Å². The maximum absolute atomic E-state index is 11.9. The van der Waals surface area contributed by atoms with Crippen molar-refractivity contribution in [2.45, 2.75) is 39.3 Å². The average Bonchev–Trinajstić information content (AvgIpc) is 2.50. The Morgan fingerprint density at radius 3 is 2.36 bits per heavy atom. The number of benzene rings is 1. The normalized spacial score (nSPS) is 11.9. The van der Waals surface area contributed by atoms with Gasteiger partial charge in [-0.2, -0.15) is 0 Å². The van der Waals surface area contributed by atoms with E-state index in [2.05, 4.69) is 10.6 Å². The van der Waals surface area contributed by atoms with Crippen LogP contribution in [-0.2, 0) is 4.79 Å². The second-order valence-electron chi connectivity index (χ2n) is 5.23. The molecule has 1 rings (SSSR count). The summed E-state index contributed by atoms with van der Waals surface area (Å²) >= 11 is 0. The molecule has 122 valence electrons. The molecule has 6 nitrogen and oxygen atoms in total. The van der Waals surface area contributed by atoms with Gasteiger partial charge in [0.05, 0.1) is 25.3 Å². The number of aliphatic hydroxyl groups excluding tert-OH is 1. The van der Waals surface area contributed by atoms with Gasteiger partial charge in [0.15, 0.2) is 0 Å². The lowest BCUT2D eigenvalue weighted by molar-refractivity contribution is -0.121. The third-order valence-electron chi connectivity index (χ3n) is 2.98. The number of rotatable bonds is 8. The maximum atomic E-state index is 11.9. The third kappa shape index (κ3) is 6.13. The molecule has 0 radical (unpaired) electrons. The highest BCUT2D eigenvalue weighted by Gasteiger charge is 2.11. The fourth-order valence-electron chi connectivity index (χ4n) is 1.78. The highest BCUT2D eigenvalue weighted by molar-refractivity contribution is 5.96. The molecule has 1 aromatic carbocycles. The Morgan fingerprint density at radius 2 is 1.86 bits per heavy atom. The predicted octanol–water partition coefficient (Wildman–Crippen LogP) is 1.09. The monoisotopic (exact) mass is 308 g/mol. The van der Waals surface area contributed by atoms with E-state index in [0.717, 1.165) is 0 Å². The Kier molecular flexibility index (Phi) is 7.39. The lowest BCUT2D eigenvalue weighted by atomic mass is 10.2. The van der Waals surface area contributed by atoms with Crippen LogP contribution >= 0.6 is 0 Å². The van der Waals surface area contributed by atoms with Crippen molar-refractivity contribution in [3.05, 3.63) is 29.8 Å². The second kappa shape index (κ2) is 9.04. The first-order valence-corrected chi connectivity index (χ1v) is 7.41. The van der Waals surface area contributed by atoms with Gasteiger partial charge in [0.1, 0.15) is 5.75 Å². The fraction of sp³-hybridized carbons (Fsp3) is 0.500. The van der Waals surface area contributed by atoms with Crippen LogP contribution in [0, 0.1) is 0 Å². The minimum Gasteiger partial charge on any atom is -0.491 e. The first-order chi connectivity index (χ1) is 10.5. The minimum absolute atomic E-state index is 0.0707. The van der Waals surface area contributed by atoms with Crippen LogP contribution < -0.4 is 15.4 Å². The highest BCUT2D eigenvalue weighted by atomic mass is 16.5. The Bertz CT molecular complexity index is 481. The van der Waals surface area contributed by atoms with Crippen molar-refractivity contribution in [2.24, 2.45) is 0 Å². The van der Waals surface area contributed by atoms with Crippen molar-refractivity contribution in [2.75, 3.05) is 13.2 Å². The molecule has 0 bridgehead atoms. The Balaban J connectivity index is 2.46. The number of carbonyl (C=O) groups is 2. The first kappa shape index (κ1) is 18.0. The summed E-state index contributed by atoms with van der Waals surface area (Å²) in [6.07, 6.45) is 0.703. The first-order valence-electron chi connectivity index (χ1n) is 7.41. The van der Waals surface area contributed by atoms with Gasteiger partial charge in [-0.15, -0.1) is 0 Å². The maximum Gasteiger partial charge on any atom is 0.251 e. The molecule has 1 atom stereocenters. The Hall–Kier alpha value is -2.08. The van der Waals surface area contributed by atoms with E-state index in [1.54, 1.807) is 24.3 Å². The summed E-state index contributed by atoms with van der Waals surface area (Å²) in [7, 11) is 0. The molecule has 0 fully saturated rings. The fourth-order valence-corrected chi connectivity index (χ4v) is 1.78. The van der Waals surface area contributed by atoms with Crippen LogP contribution in [0.25, 0.3) is 0 Å². The summed E-state index contributed by atoms with van der Waals surface area (Å²) in [5, 5.41) is 14.2. The number of hydrogen-bond acceptors (Lipinski definition) is 4. The molecule has 0 heterocycles. The number of ether oxygens (including phenoxy) is 1. The van der Waals surface area contributed by atoms with Crippen LogP contribution in [0.4, 0.5) is 0 Å². The SMILES string of the molecule is CC[C@H](CO)NC(=O)CNC(=O)c1ccc(OC(C)C)cc1. The van der Waals surface area contributed by atoms with Crippen molar-refractivity contribution in [3.8, 4) is 5.75 Å². The van der Waals surface area contributed by atoms with Crippen LogP contribution in [0.2, 0.25) is 0 Å². The molecule has 0 saturated heterocycles. The van der Waals surface area contributed by atoms with Gasteiger partial charge in [-0.3, -0.25) is 9.59 Å². The zero-order valence-corrected chi connectivity index (χ0v) is 13.3. The summed E-state index contributed by atoms with van der Waals surface area (Å²) in [4.78, 5) is 23.6. The Morgan fingerprint density at radius 1 is 1.23 bits per heavy atom. The molecule has 1 aromatic rings. The van der Waals surface area contributed by atoms with Crippen molar-refractivity contribution in [3.63, 3.8) is 0 Å². The van der Waals surface area contributed by atoms with E-state index in [9.17, 15) is 9.59 Å². The molecule has 0 aliphatic rings. The Labute approximate surface area is 130 Å². The molecule has 0 saturated carbocycles. The van der Waals surface area contributed by atoms with E-state index >= 15 is 0 Å². The molecule has 0 aliphatic heterocycles. The molecule has 6 heteroatoms. The van der Waals surface area contributed by atoms with Crippen LogP contribution in [0.5, 0.6) is 5.75 Å². The minimum atomic E-state index is -0.330. The third-order valence-corrected chi connectivity index (χ3v) is 2.98. The molecule has 0 unspecified atom stereocenters. The molecule has 0 aromatic heterocycles. The van der Waals surface area contributed by atoms with E-state index in [1.807, 2.05) is 20.8 Å². The number of carbonyl (C=O) groups excluding carboxylic acids is 2. The van der Waals surface area contributed by atoms with E-state index in [4.69, 9.17) is 9.84 Å². The zero-order chi connectivity index (χ0) is 16.5. The van der Waals surface area contributed by atoms with Crippen LogP contribution in [0.15, 0.2) is 24.3 Å².